The number of hydrogen-bond donors (Lipinski definition) is 1. The van der Waals surface area contributed by atoms with Crippen molar-refractivity contribution in [2.24, 2.45) is 11.8 Å². The van der Waals surface area contributed by atoms with E-state index in [1.165, 1.54) is 5.56 Å². The Balaban J connectivity index is 1.51. The van der Waals surface area contributed by atoms with Crippen molar-refractivity contribution in [1.82, 2.24) is 4.90 Å². The van der Waals surface area contributed by atoms with Crippen molar-refractivity contribution in [3.63, 3.8) is 0 Å². The van der Waals surface area contributed by atoms with Crippen molar-refractivity contribution in [3.8, 4) is 0 Å². The Labute approximate surface area is 128 Å². The van der Waals surface area contributed by atoms with E-state index in [9.17, 15) is 14.7 Å². The summed E-state index contributed by atoms with van der Waals surface area (Å²) in [5.41, 5.74) is 0.645. The van der Waals surface area contributed by atoms with E-state index in [2.05, 4.69) is 0 Å². The Hall–Kier alpha value is -1.88. The number of carbonyl (C=O) groups is 2. The van der Waals surface area contributed by atoms with Crippen molar-refractivity contribution in [3.05, 3.63) is 35.9 Å². The summed E-state index contributed by atoms with van der Waals surface area (Å²) in [6, 6.07) is 10.0. The quantitative estimate of drug-likeness (QED) is 0.911. The first-order valence-electron chi connectivity index (χ1n) is 7.84. The van der Waals surface area contributed by atoms with E-state index >= 15 is 0 Å². The van der Waals surface area contributed by atoms with Gasteiger partial charge in [-0.2, -0.15) is 0 Å². The van der Waals surface area contributed by atoms with Crippen molar-refractivity contribution in [2.75, 3.05) is 13.1 Å². The van der Waals surface area contributed by atoms with Gasteiger partial charge in [-0.25, -0.2) is 0 Å². The molecule has 3 fully saturated rings. The Morgan fingerprint density at radius 2 is 2.14 bits per heavy atom. The summed E-state index contributed by atoms with van der Waals surface area (Å²) in [7, 11) is 0. The summed E-state index contributed by atoms with van der Waals surface area (Å²) in [6.45, 7) is 1.17. The number of ether oxygens (including phenoxy) is 1. The molecule has 5 heteroatoms. The normalized spacial score (nSPS) is 35.9. The second kappa shape index (κ2) is 4.81. The minimum Gasteiger partial charge on any atom is -0.481 e. The molecule has 3 aliphatic rings. The lowest BCUT2D eigenvalue weighted by Crippen LogP contribution is -2.41. The Morgan fingerprint density at radius 1 is 1.36 bits per heavy atom. The lowest BCUT2D eigenvalue weighted by Gasteiger charge is -2.25. The molecule has 1 N–H and O–H groups in total. The first-order chi connectivity index (χ1) is 10.6. The zero-order valence-corrected chi connectivity index (χ0v) is 12.3. The van der Waals surface area contributed by atoms with Gasteiger partial charge in [-0.3, -0.25) is 9.59 Å². The lowest BCUT2D eigenvalue weighted by atomic mass is 9.73. The number of hydrogen-bond acceptors (Lipinski definition) is 3. The third-order valence-corrected chi connectivity index (χ3v) is 5.40. The van der Waals surface area contributed by atoms with E-state index in [1.807, 2.05) is 30.3 Å². The van der Waals surface area contributed by atoms with E-state index in [0.29, 0.717) is 13.1 Å². The zero-order chi connectivity index (χ0) is 15.3. The van der Waals surface area contributed by atoms with Gasteiger partial charge >= 0.3 is 5.97 Å². The topological polar surface area (TPSA) is 66.8 Å². The van der Waals surface area contributed by atoms with Gasteiger partial charge in [0, 0.05) is 6.54 Å². The van der Waals surface area contributed by atoms with Gasteiger partial charge in [0.25, 0.3) is 0 Å². The van der Waals surface area contributed by atoms with Gasteiger partial charge in [-0.15, -0.1) is 0 Å². The number of fused-ring (bicyclic) bond motifs is 1. The maximum Gasteiger partial charge on any atom is 0.310 e. The van der Waals surface area contributed by atoms with Crippen LogP contribution in [0.25, 0.3) is 0 Å². The number of benzene rings is 1. The summed E-state index contributed by atoms with van der Waals surface area (Å²) in [5.74, 6) is -2.08. The summed E-state index contributed by atoms with van der Waals surface area (Å²) < 4.78 is 5.97. The SMILES string of the molecule is O=C(O)[C@H]1[C@H]2CC[C@@]3(CN(CCc4ccccc4)C(=O)[C@@H]13)O2. The molecule has 5 nitrogen and oxygen atoms in total. The number of rotatable bonds is 4. The van der Waals surface area contributed by atoms with Gasteiger partial charge < -0.3 is 14.7 Å². The fraction of sp³-hybridized carbons (Fsp3) is 0.529. The minimum absolute atomic E-state index is 0.0365. The Bertz CT molecular complexity index is 616. The number of carboxylic acids is 1. The first-order valence-corrected chi connectivity index (χ1v) is 7.84. The van der Waals surface area contributed by atoms with Crippen molar-refractivity contribution >= 4 is 11.9 Å². The number of amides is 1. The van der Waals surface area contributed by atoms with E-state index in [1.54, 1.807) is 4.90 Å². The van der Waals surface area contributed by atoms with E-state index in [-0.39, 0.29) is 12.0 Å². The molecule has 0 saturated carbocycles. The third kappa shape index (κ3) is 1.88. The van der Waals surface area contributed by atoms with Gasteiger partial charge in [-0.05, 0) is 24.8 Å². The molecule has 4 atom stereocenters. The van der Waals surface area contributed by atoms with Gasteiger partial charge in [-0.1, -0.05) is 30.3 Å². The molecular formula is C17H19NO4. The molecule has 1 aromatic carbocycles. The molecule has 3 heterocycles. The molecule has 1 amide bonds. The van der Waals surface area contributed by atoms with Gasteiger partial charge in [0.2, 0.25) is 5.91 Å². The average Bonchev–Trinajstić information content (AvgIpc) is 3.14. The van der Waals surface area contributed by atoms with Crippen molar-refractivity contribution < 1.29 is 19.4 Å². The molecule has 4 rings (SSSR count). The van der Waals surface area contributed by atoms with Crippen LogP contribution in [0.4, 0.5) is 0 Å². The fourth-order valence-corrected chi connectivity index (χ4v) is 4.42. The lowest BCUT2D eigenvalue weighted by molar-refractivity contribution is -0.149. The highest BCUT2D eigenvalue weighted by Gasteiger charge is 2.68. The van der Waals surface area contributed by atoms with Gasteiger partial charge in [0.1, 0.15) is 0 Å². The molecule has 3 saturated heterocycles. The summed E-state index contributed by atoms with van der Waals surface area (Å²) in [6.07, 6.45) is 2.08. The highest BCUT2D eigenvalue weighted by Crippen LogP contribution is 2.55. The molecule has 2 bridgehead atoms. The van der Waals surface area contributed by atoms with Crippen LogP contribution in [0.15, 0.2) is 30.3 Å². The largest absolute Gasteiger partial charge is 0.481 e. The predicted octanol–water partition coefficient (Wildman–Crippen LogP) is 1.32. The van der Waals surface area contributed by atoms with E-state index in [0.717, 1.165) is 19.3 Å². The van der Waals surface area contributed by atoms with Crippen LogP contribution in [0.3, 0.4) is 0 Å². The van der Waals surface area contributed by atoms with E-state index in [4.69, 9.17) is 4.74 Å². The highest BCUT2D eigenvalue weighted by molar-refractivity contribution is 5.89. The van der Waals surface area contributed by atoms with Crippen LogP contribution in [-0.4, -0.2) is 46.7 Å². The Kier molecular flexibility index (Phi) is 3.01. The smallest absolute Gasteiger partial charge is 0.310 e. The molecule has 0 aromatic heterocycles. The maximum atomic E-state index is 12.7. The molecule has 0 aliphatic carbocycles. The Morgan fingerprint density at radius 3 is 2.86 bits per heavy atom. The van der Waals surface area contributed by atoms with Crippen LogP contribution in [-0.2, 0) is 20.7 Å². The van der Waals surface area contributed by atoms with Crippen molar-refractivity contribution in [1.29, 1.82) is 0 Å². The van der Waals surface area contributed by atoms with Crippen LogP contribution >= 0.6 is 0 Å². The summed E-state index contributed by atoms with van der Waals surface area (Å²) in [5, 5.41) is 9.44. The molecule has 1 spiro atoms. The van der Waals surface area contributed by atoms with E-state index < -0.39 is 23.4 Å². The summed E-state index contributed by atoms with van der Waals surface area (Å²) in [4.78, 5) is 26.0. The predicted molar refractivity (Wildman–Crippen MR) is 78.2 cm³/mol. The maximum absolute atomic E-state index is 12.7. The van der Waals surface area contributed by atoms with Crippen LogP contribution in [0.1, 0.15) is 18.4 Å². The van der Waals surface area contributed by atoms with Crippen LogP contribution in [0, 0.1) is 11.8 Å². The number of likely N-dealkylation sites (tertiary alicyclic amines) is 1. The number of carbonyl (C=O) groups excluding carboxylic acids is 1. The number of aliphatic carboxylic acids is 1. The molecular weight excluding hydrogens is 282 g/mol. The number of carboxylic acid groups (broad SMARTS) is 1. The molecule has 3 aliphatic heterocycles. The van der Waals surface area contributed by atoms with Crippen LogP contribution in [0.5, 0.6) is 0 Å². The highest BCUT2D eigenvalue weighted by atomic mass is 16.5. The average molecular weight is 301 g/mol. The fourth-order valence-electron chi connectivity index (χ4n) is 4.42. The van der Waals surface area contributed by atoms with Crippen LogP contribution in [0.2, 0.25) is 0 Å². The standard InChI is InChI=1S/C17H19NO4/c19-15-14-13(16(20)21)12-6-8-17(14,22-12)10-18(15)9-7-11-4-2-1-3-5-11/h1-5,12-14H,6-10H2,(H,20,21)/t12-,13+,14-,17+/m1/s1. The second-order valence-corrected chi connectivity index (χ2v) is 6.60. The minimum atomic E-state index is -0.894. The monoisotopic (exact) mass is 301 g/mol. The third-order valence-electron chi connectivity index (χ3n) is 5.40. The van der Waals surface area contributed by atoms with Crippen LogP contribution < -0.4 is 0 Å². The zero-order valence-electron chi connectivity index (χ0n) is 12.3. The van der Waals surface area contributed by atoms with Gasteiger partial charge in [0.05, 0.1) is 30.1 Å². The van der Waals surface area contributed by atoms with Gasteiger partial charge in [0.15, 0.2) is 0 Å². The molecule has 0 unspecified atom stereocenters. The molecule has 116 valence electrons. The van der Waals surface area contributed by atoms with Crippen molar-refractivity contribution in [2.45, 2.75) is 31.0 Å². The molecule has 22 heavy (non-hydrogen) atoms. The summed E-state index contributed by atoms with van der Waals surface area (Å²) >= 11 is 0. The molecule has 1 aromatic rings. The molecule has 0 radical (unpaired) electrons. The number of nitrogens with zero attached hydrogens (tertiary/aromatic N) is 1. The second-order valence-electron chi connectivity index (χ2n) is 6.60. The first kappa shape index (κ1) is 13.8.